The molecule has 78 valence electrons. The number of anilines is 1. The first-order chi connectivity index (χ1) is 6.69. The fourth-order valence-electron chi connectivity index (χ4n) is 0.972. The van der Waals surface area contributed by atoms with Crippen LogP contribution in [0.1, 0.15) is 25.8 Å². The summed E-state index contributed by atoms with van der Waals surface area (Å²) in [5.41, 5.74) is 3.32. The van der Waals surface area contributed by atoms with Gasteiger partial charge < -0.3 is 10.2 Å². The van der Waals surface area contributed by atoms with Crippen molar-refractivity contribution in [3.05, 3.63) is 11.9 Å². The quantitative estimate of drug-likeness (QED) is 0.560. The third kappa shape index (κ3) is 2.32. The molecule has 0 radical (unpaired) electrons. The van der Waals surface area contributed by atoms with E-state index in [0.29, 0.717) is 11.7 Å². The summed E-state index contributed by atoms with van der Waals surface area (Å²) in [6.07, 6.45) is 2.52. The highest BCUT2D eigenvalue weighted by molar-refractivity contribution is 5.46. The van der Waals surface area contributed by atoms with Gasteiger partial charge in [0.25, 0.3) is 0 Å². The highest BCUT2D eigenvalue weighted by Gasteiger charge is 2.09. The molecule has 14 heavy (non-hydrogen) atoms. The van der Waals surface area contributed by atoms with Crippen LogP contribution in [0.15, 0.2) is 6.33 Å². The van der Waals surface area contributed by atoms with Gasteiger partial charge in [-0.1, -0.05) is 6.92 Å². The molecule has 0 saturated heterocycles. The lowest BCUT2D eigenvalue weighted by Gasteiger charge is -2.14. The first-order valence-corrected chi connectivity index (χ1v) is 4.63. The molecule has 1 heterocycles. The van der Waals surface area contributed by atoms with E-state index >= 15 is 0 Å². The number of ether oxygens (including phenoxy) is 1. The van der Waals surface area contributed by atoms with Crippen LogP contribution in [0.3, 0.4) is 0 Å². The molecule has 5 heteroatoms. The van der Waals surface area contributed by atoms with E-state index in [1.54, 1.807) is 0 Å². The number of hydrogen-bond donors (Lipinski definition) is 2. The first-order valence-electron chi connectivity index (χ1n) is 4.63. The number of hydrazine groups is 1. The molecule has 3 N–H and O–H groups in total. The van der Waals surface area contributed by atoms with Gasteiger partial charge in [-0.3, -0.25) is 0 Å². The summed E-state index contributed by atoms with van der Waals surface area (Å²) in [5, 5.41) is 0. The standard InChI is InChI=1S/C9H16N4O/c1-4-6(2)14-9-7(3)8(13-10)11-5-12-9/h5-6H,4,10H2,1-3H3,(H,11,12,13). The lowest BCUT2D eigenvalue weighted by molar-refractivity contribution is 0.207. The Hall–Kier alpha value is -1.36. The maximum Gasteiger partial charge on any atom is 0.221 e. The largest absolute Gasteiger partial charge is 0.474 e. The van der Waals surface area contributed by atoms with Crippen LogP contribution in [0.25, 0.3) is 0 Å². The van der Waals surface area contributed by atoms with Crippen molar-refractivity contribution in [1.82, 2.24) is 9.97 Å². The van der Waals surface area contributed by atoms with E-state index in [-0.39, 0.29) is 6.10 Å². The van der Waals surface area contributed by atoms with Crippen LogP contribution in [0.5, 0.6) is 5.88 Å². The van der Waals surface area contributed by atoms with Crippen molar-refractivity contribution in [3.8, 4) is 5.88 Å². The fraction of sp³-hybridized carbons (Fsp3) is 0.556. The maximum atomic E-state index is 5.59. The Morgan fingerprint density at radius 3 is 2.86 bits per heavy atom. The molecule has 0 bridgehead atoms. The molecule has 1 rings (SSSR count). The van der Waals surface area contributed by atoms with Crippen molar-refractivity contribution in [2.45, 2.75) is 33.3 Å². The van der Waals surface area contributed by atoms with E-state index in [4.69, 9.17) is 10.6 Å². The molecule has 0 spiro atoms. The van der Waals surface area contributed by atoms with Gasteiger partial charge in [0.1, 0.15) is 12.1 Å². The van der Waals surface area contributed by atoms with E-state index in [1.165, 1.54) is 6.33 Å². The number of rotatable bonds is 4. The summed E-state index contributed by atoms with van der Waals surface area (Å²) in [6, 6.07) is 0. The van der Waals surface area contributed by atoms with Crippen LogP contribution in [0.2, 0.25) is 0 Å². The van der Waals surface area contributed by atoms with Crippen LogP contribution >= 0.6 is 0 Å². The Bertz CT molecular complexity index is 303. The smallest absolute Gasteiger partial charge is 0.221 e. The topological polar surface area (TPSA) is 73.1 Å². The SMILES string of the molecule is CCC(C)Oc1ncnc(NN)c1C. The van der Waals surface area contributed by atoms with Gasteiger partial charge in [-0.15, -0.1) is 0 Å². The van der Waals surface area contributed by atoms with E-state index in [2.05, 4.69) is 22.3 Å². The molecular weight excluding hydrogens is 180 g/mol. The van der Waals surface area contributed by atoms with E-state index < -0.39 is 0 Å². The molecule has 5 nitrogen and oxygen atoms in total. The molecule has 1 unspecified atom stereocenters. The van der Waals surface area contributed by atoms with Crippen molar-refractivity contribution in [1.29, 1.82) is 0 Å². The summed E-state index contributed by atoms with van der Waals surface area (Å²) in [5.74, 6) is 6.47. The van der Waals surface area contributed by atoms with Crippen LogP contribution in [0, 0.1) is 6.92 Å². The van der Waals surface area contributed by atoms with Gasteiger partial charge >= 0.3 is 0 Å². The first kappa shape index (κ1) is 10.7. The second kappa shape index (κ2) is 4.76. The average molecular weight is 196 g/mol. The number of aromatic nitrogens is 2. The lowest BCUT2D eigenvalue weighted by Crippen LogP contribution is -2.15. The van der Waals surface area contributed by atoms with Crippen LogP contribution in [-0.2, 0) is 0 Å². The minimum atomic E-state index is 0.147. The van der Waals surface area contributed by atoms with E-state index in [9.17, 15) is 0 Å². The van der Waals surface area contributed by atoms with Gasteiger partial charge in [-0.2, -0.15) is 0 Å². The van der Waals surface area contributed by atoms with Gasteiger partial charge in [-0.25, -0.2) is 15.8 Å². The summed E-state index contributed by atoms with van der Waals surface area (Å²) in [4.78, 5) is 8.01. The van der Waals surface area contributed by atoms with Crippen molar-refractivity contribution in [2.75, 3.05) is 5.43 Å². The molecule has 0 aromatic carbocycles. The summed E-state index contributed by atoms with van der Waals surface area (Å²) >= 11 is 0. The number of nitrogens with one attached hydrogen (secondary N) is 1. The normalized spacial score (nSPS) is 12.3. The number of nitrogen functional groups attached to an aromatic ring is 1. The molecule has 1 aromatic heterocycles. The summed E-state index contributed by atoms with van der Waals surface area (Å²) in [6.45, 7) is 5.92. The Labute approximate surface area is 83.7 Å². The van der Waals surface area contributed by atoms with E-state index in [0.717, 1.165) is 12.0 Å². The summed E-state index contributed by atoms with van der Waals surface area (Å²) in [7, 11) is 0. The fourth-order valence-corrected chi connectivity index (χ4v) is 0.972. The monoisotopic (exact) mass is 196 g/mol. The average Bonchev–Trinajstić information content (AvgIpc) is 2.21. The van der Waals surface area contributed by atoms with Gasteiger partial charge in [0.05, 0.1) is 11.7 Å². The molecule has 1 atom stereocenters. The minimum Gasteiger partial charge on any atom is -0.474 e. The molecule has 1 aromatic rings. The Kier molecular flexibility index (Phi) is 3.64. The number of hydrogen-bond acceptors (Lipinski definition) is 5. The second-order valence-electron chi connectivity index (χ2n) is 3.13. The van der Waals surface area contributed by atoms with Gasteiger partial charge in [-0.05, 0) is 20.3 Å². The minimum absolute atomic E-state index is 0.147. The predicted molar refractivity (Wildman–Crippen MR) is 55.0 cm³/mol. The van der Waals surface area contributed by atoms with Crippen LogP contribution in [-0.4, -0.2) is 16.1 Å². The van der Waals surface area contributed by atoms with Crippen molar-refractivity contribution < 1.29 is 4.74 Å². The number of nitrogens with two attached hydrogens (primary N) is 1. The Balaban J connectivity index is 2.86. The molecule has 0 aliphatic carbocycles. The second-order valence-corrected chi connectivity index (χ2v) is 3.13. The van der Waals surface area contributed by atoms with Crippen molar-refractivity contribution in [3.63, 3.8) is 0 Å². The third-order valence-electron chi connectivity index (χ3n) is 2.06. The zero-order valence-electron chi connectivity index (χ0n) is 8.74. The third-order valence-corrected chi connectivity index (χ3v) is 2.06. The van der Waals surface area contributed by atoms with Gasteiger partial charge in [0.15, 0.2) is 0 Å². The van der Waals surface area contributed by atoms with Crippen LogP contribution in [0.4, 0.5) is 5.82 Å². The maximum absolute atomic E-state index is 5.59. The number of nitrogens with zero attached hydrogens (tertiary/aromatic N) is 2. The molecule has 0 fully saturated rings. The highest BCUT2D eigenvalue weighted by atomic mass is 16.5. The predicted octanol–water partition coefficient (Wildman–Crippen LogP) is 1.25. The van der Waals surface area contributed by atoms with Crippen molar-refractivity contribution >= 4 is 5.82 Å². The molecule has 0 aliphatic rings. The highest BCUT2D eigenvalue weighted by Crippen LogP contribution is 2.20. The van der Waals surface area contributed by atoms with Crippen LogP contribution < -0.4 is 16.0 Å². The zero-order chi connectivity index (χ0) is 10.6. The van der Waals surface area contributed by atoms with Crippen molar-refractivity contribution in [2.24, 2.45) is 5.84 Å². The lowest BCUT2D eigenvalue weighted by atomic mass is 10.3. The summed E-state index contributed by atoms with van der Waals surface area (Å²) < 4.78 is 5.59. The Morgan fingerprint density at radius 2 is 2.29 bits per heavy atom. The zero-order valence-corrected chi connectivity index (χ0v) is 8.74. The molecule has 0 saturated carbocycles. The molecule has 0 aliphatic heterocycles. The molecule has 0 amide bonds. The van der Waals surface area contributed by atoms with Gasteiger partial charge in [0, 0.05) is 0 Å². The van der Waals surface area contributed by atoms with E-state index in [1.807, 2.05) is 13.8 Å². The Morgan fingerprint density at radius 1 is 1.57 bits per heavy atom. The molecular formula is C9H16N4O. The van der Waals surface area contributed by atoms with Gasteiger partial charge in [0.2, 0.25) is 5.88 Å².